The van der Waals surface area contributed by atoms with E-state index >= 15 is 0 Å². The van der Waals surface area contributed by atoms with Crippen molar-refractivity contribution in [2.75, 3.05) is 0 Å². The van der Waals surface area contributed by atoms with Crippen LogP contribution in [-0.4, -0.2) is 17.5 Å². The number of hydrogen-bond acceptors (Lipinski definition) is 5. The summed E-state index contributed by atoms with van der Waals surface area (Å²) in [4.78, 5) is 15.7. The Kier molecular flexibility index (Phi) is 14.2. The molecule has 0 aliphatic heterocycles. The number of carbonyl (C=O) groups is 1. The Balaban J connectivity index is 0. The van der Waals surface area contributed by atoms with Gasteiger partial charge in [-0.05, 0) is 20.8 Å². The number of carbonyl (C=O) groups excluding carboxylic acids is 1. The fourth-order valence-electron chi connectivity index (χ4n) is 1.36. The summed E-state index contributed by atoms with van der Waals surface area (Å²) in [6, 6.07) is 1.79. The highest BCUT2D eigenvalue weighted by atomic mass is 16.8. The fourth-order valence-corrected chi connectivity index (χ4v) is 1.36. The van der Waals surface area contributed by atoms with Crippen molar-refractivity contribution in [2.24, 2.45) is 5.16 Å². The van der Waals surface area contributed by atoms with Crippen molar-refractivity contribution in [1.82, 2.24) is 0 Å². The molecule has 0 spiro atoms. The molecule has 0 aliphatic carbocycles. The lowest BCUT2D eigenvalue weighted by Crippen LogP contribution is -2.23. The van der Waals surface area contributed by atoms with Crippen molar-refractivity contribution in [3.8, 4) is 6.07 Å². The summed E-state index contributed by atoms with van der Waals surface area (Å²) >= 11 is 0. The Bertz CT molecular complexity index is 488. The maximum Gasteiger partial charge on any atom is 0.535 e. The quantitative estimate of drug-likeness (QED) is 0.149. The normalized spacial score (nSPS) is 11.5. The van der Waals surface area contributed by atoms with Gasteiger partial charge in [0, 0.05) is 5.57 Å². The van der Waals surface area contributed by atoms with Gasteiger partial charge in [-0.25, -0.2) is 4.79 Å². The molecule has 0 amide bonds. The van der Waals surface area contributed by atoms with Crippen LogP contribution in [0.4, 0.5) is 4.79 Å². The van der Waals surface area contributed by atoms with E-state index in [0.717, 1.165) is 0 Å². The molecule has 0 unspecified atom stereocenters. The van der Waals surface area contributed by atoms with Crippen LogP contribution in [0.1, 0.15) is 60.3 Å². The Morgan fingerprint density at radius 1 is 1.21 bits per heavy atom. The predicted molar refractivity (Wildman–Crippen MR) is 98.7 cm³/mol. The van der Waals surface area contributed by atoms with E-state index in [1.165, 1.54) is 43.9 Å². The molecule has 5 nitrogen and oxygen atoms in total. The highest BCUT2D eigenvalue weighted by Gasteiger charge is 2.18. The second kappa shape index (κ2) is 14.3. The van der Waals surface area contributed by atoms with Gasteiger partial charge >= 0.3 is 6.16 Å². The summed E-state index contributed by atoms with van der Waals surface area (Å²) in [6.45, 7) is 16.5. The topological polar surface area (TPSA) is 71.7 Å². The van der Waals surface area contributed by atoms with E-state index in [2.05, 4.69) is 37.0 Å². The van der Waals surface area contributed by atoms with Gasteiger partial charge in [0.25, 0.3) is 0 Å². The van der Waals surface area contributed by atoms with E-state index in [1.807, 2.05) is 0 Å². The summed E-state index contributed by atoms with van der Waals surface area (Å²) < 4.78 is 4.86. The van der Waals surface area contributed by atoms with Gasteiger partial charge in [-0.15, -0.1) is 0 Å². The van der Waals surface area contributed by atoms with E-state index < -0.39 is 11.8 Å². The molecule has 0 saturated heterocycles. The van der Waals surface area contributed by atoms with Crippen LogP contribution in [0.5, 0.6) is 0 Å². The van der Waals surface area contributed by atoms with Gasteiger partial charge in [0.1, 0.15) is 11.7 Å². The second-order valence-electron chi connectivity index (χ2n) is 5.88. The standard InChI is InChI=1S/C13H16N2O3.C6H14/c1-6-8-10(7-2)11(9-14)15-18-12(16)17-13(3,4)5;1-3-5-6-4-2/h6-8H,1-2H2,3-5H3;3-6H2,1-2H3/b10-8+,15-11+;. The summed E-state index contributed by atoms with van der Waals surface area (Å²) in [7, 11) is 0. The van der Waals surface area contributed by atoms with Crippen LogP contribution in [0, 0.1) is 11.3 Å². The first-order chi connectivity index (χ1) is 11.2. The molecule has 0 aromatic heterocycles. The predicted octanol–water partition coefficient (Wildman–Crippen LogP) is 5.70. The molecule has 0 radical (unpaired) electrons. The van der Waals surface area contributed by atoms with Gasteiger partial charge in [-0.3, -0.25) is 4.84 Å². The van der Waals surface area contributed by atoms with Gasteiger partial charge in [0.05, 0.1) is 0 Å². The maximum absolute atomic E-state index is 11.2. The zero-order chi connectivity index (χ0) is 19.0. The van der Waals surface area contributed by atoms with Crippen LogP contribution in [0.3, 0.4) is 0 Å². The van der Waals surface area contributed by atoms with E-state index in [1.54, 1.807) is 26.8 Å². The van der Waals surface area contributed by atoms with Gasteiger partial charge in [0.2, 0.25) is 0 Å². The molecule has 0 N–H and O–H groups in total. The summed E-state index contributed by atoms with van der Waals surface area (Å²) in [6.07, 6.45) is 8.96. The monoisotopic (exact) mass is 334 g/mol. The van der Waals surface area contributed by atoms with Crippen molar-refractivity contribution >= 4 is 11.9 Å². The molecule has 0 aromatic carbocycles. The van der Waals surface area contributed by atoms with Crippen LogP contribution in [0.2, 0.25) is 0 Å². The molecular formula is C19H30N2O3. The minimum absolute atomic E-state index is 0.0873. The number of nitriles is 1. The lowest BCUT2D eigenvalue weighted by atomic mass is 10.1. The molecule has 0 rings (SSSR count). The Morgan fingerprint density at radius 2 is 1.75 bits per heavy atom. The number of oxime groups is 1. The fraction of sp³-hybridized carbons (Fsp3) is 0.526. The van der Waals surface area contributed by atoms with E-state index in [0.29, 0.717) is 5.57 Å². The number of rotatable bonds is 7. The molecule has 0 atom stereocenters. The van der Waals surface area contributed by atoms with Gasteiger partial charge < -0.3 is 4.74 Å². The molecule has 0 saturated carbocycles. The zero-order valence-corrected chi connectivity index (χ0v) is 15.6. The Labute approximate surface area is 146 Å². The number of hydrogen-bond donors (Lipinski definition) is 0. The molecule has 24 heavy (non-hydrogen) atoms. The first-order valence-corrected chi connectivity index (χ1v) is 8.09. The average molecular weight is 334 g/mol. The van der Waals surface area contributed by atoms with Crippen molar-refractivity contribution in [2.45, 2.75) is 65.9 Å². The third kappa shape index (κ3) is 14.6. The van der Waals surface area contributed by atoms with E-state index in [9.17, 15) is 4.79 Å². The Hall–Kier alpha value is -2.35. The first kappa shape index (κ1) is 23.9. The van der Waals surface area contributed by atoms with Crippen LogP contribution in [-0.2, 0) is 9.57 Å². The smallest absolute Gasteiger partial charge is 0.427 e. The lowest BCUT2D eigenvalue weighted by molar-refractivity contribution is -0.00609. The second-order valence-corrected chi connectivity index (χ2v) is 5.88. The van der Waals surface area contributed by atoms with Gasteiger partial charge in [0.15, 0.2) is 5.71 Å². The highest BCUT2D eigenvalue weighted by molar-refractivity contribution is 6.13. The maximum atomic E-state index is 11.2. The summed E-state index contributed by atoms with van der Waals surface area (Å²) in [5, 5.41) is 12.3. The van der Waals surface area contributed by atoms with Crippen molar-refractivity contribution in [1.29, 1.82) is 5.26 Å². The molecule has 0 aliphatic rings. The van der Waals surface area contributed by atoms with Crippen LogP contribution in [0.25, 0.3) is 0 Å². The largest absolute Gasteiger partial charge is 0.535 e. The Morgan fingerprint density at radius 3 is 2.08 bits per heavy atom. The van der Waals surface area contributed by atoms with Gasteiger partial charge in [-0.2, -0.15) is 5.26 Å². The molecule has 0 bridgehead atoms. The van der Waals surface area contributed by atoms with Crippen molar-refractivity contribution < 1.29 is 14.4 Å². The van der Waals surface area contributed by atoms with E-state index in [4.69, 9.17) is 10.00 Å². The lowest BCUT2D eigenvalue weighted by Gasteiger charge is -2.17. The first-order valence-electron chi connectivity index (χ1n) is 8.09. The minimum Gasteiger partial charge on any atom is -0.427 e. The minimum atomic E-state index is -0.975. The average Bonchev–Trinajstić information content (AvgIpc) is 2.51. The highest BCUT2D eigenvalue weighted by Crippen LogP contribution is 2.09. The SMILES string of the molecule is C=C/C=C(C=C)/C(C#N)=N/OC(=O)OC(C)(C)C.CCCCCC. The summed E-state index contributed by atoms with van der Waals surface area (Å²) in [5.41, 5.74) is -0.371. The molecule has 0 fully saturated rings. The van der Waals surface area contributed by atoms with Crippen LogP contribution >= 0.6 is 0 Å². The molecule has 134 valence electrons. The molecular weight excluding hydrogens is 304 g/mol. The number of unbranched alkanes of at least 4 members (excludes halogenated alkanes) is 3. The van der Waals surface area contributed by atoms with Gasteiger partial charge in [-0.1, -0.05) is 76.1 Å². The van der Waals surface area contributed by atoms with Crippen molar-refractivity contribution in [3.05, 3.63) is 37.0 Å². The van der Waals surface area contributed by atoms with E-state index in [-0.39, 0.29) is 5.71 Å². The third-order valence-electron chi connectivity index (χ3n) is 2.45. The van der Waals surface area contributed by atoms with Crippen LogP contribution in [0.15, 0.2) is 42.1 Å². The molecule has 0 aromatic rings. The summed E-state index contributed by atoms with van der Waals surface area (Å²) in [5.74, 6) is 0. The van der Waals surface area contributed by atoms with Crippen molar-refractivity contribution in [3.63, 3.8) is 0 Å². The molecule has 5 heteroatoms. The number of nitrogens with zero attached hydrogens (tertiary/aromatic N) is 2. The molecule has 0 heterocycles. The van der Waals surface area contributed by atoms with Crippen LogP contribution < -0.4 is 0 Å². The number of ether oxygens (including phenoxy) is 1. The number of allylic oxidation sites excluding steroid dienone is 4. The zero-order valence-electron chi connectivity index (χ0n) is 15.6. The third-order valence-corrected chi connectivity index (χ3v) is 2.45.